The van der Waals surface area contributed by atoms with Crippen molar-refractivity contribution in [2.75, 3.05) is 13.1 Å². The number of thiol groups is 1. The SMILES string of the molecule is O=C(N[C@H]1CCCN(S(=O)(=O)c2ccc(C[SH](=O)=O)cc2)C1)C1CCCCC1. The first-order valence-corrected chi connectivity index (χ1v) is 12.7. The average molecular weight is 429 g/mol. The van der Waals surface area contributed by atoms with Gasteiger partial charge in [0.1, 0.15) is 10.7 Å². The van der Waals surface area contributed by atoms with E-state index in [1.54, 1.807) is 0 Å². The summed E-state index contributed by atoms with van der Waals surface area (Å²) in [7, 11) is -6.22. The monoisotopic (exact) mass is 428 g/mol. The highest BCUT2D eigenvalue weighted by atomic mass is 32.2. The first-order chi connectivity index (χ1) is 13.4. The Morgan fingerprint density at radius 3 is 2.36 bits per heavy atom. The van der Waals surface area contributed by atoms with Gasteiger partial charge in [-0.1, -0.05) is 31.4 Å². The summed E-state index contributed by atoms with van der Waals surface area (Å²) < 4.78 is 48.9. The third-order valence-corrected chi connectivity index (χ3v) is 8.08. The van der Waals surface area contributed by atoms with Crippen molar-refractivity contribution >= 4 is 26.6 Å². The van der Waals surface area contributed by atoms with Crippen LogP contribution in [0.4, 0.5) is 0 Å². The van der Waals surface area contributed by atoms with Gasteiger partial charge in [0.25, 0.3) is 0 Å². The molecule has 2 fully saturated rings. The molecular formula is C19H28N2O5S2. The van der Waals surface area contributed by atoms with Crippen LogP contribution in [0, 0.1) is 5.92 Å². The van der Waals surface area contributed by atoms with E-state index < -0.39 is 20.7 Å². The maximum atomic E-state index is 12.9. The molecule has 1 heterocycles. The van der Waals surface area contributed by atoms with Gasteiger partial charge >= 0.3 is 0 Å². The Kier molecular flexibility index (Phi) is 7.11. The maximum absolute atomic E-state index is 12.9. The normalized spacial score (nSPS) is 22.2. The van der Waals surface area contributed by atoms with E-state index in [0.29, 0.717) is 18.5 Å². The second-order valence-electron chi connectivity index (χ2n) is 7.68. The average Bonchev–Trinajstić information content (AvgIpc) is 2.69. The molecule has 9 heteroatoms. The van der Waals surface area contributed by atoms with Crippen molar-refractivity contribution in [3.8, 4) is 0 Å². The summed E-state index contributed by atoms with van der Waals surface area (Å²) in [4.78, 5) is 12.6. The van der Waals surface area contributed by atoms with E-state index in [1.165, 1.54) is 35.0 Å². The third-order valence-electron chi connectivity index (χ3n) is 5.58. The van der Waals surface area contributed by atoms with E-state index in [4.69, 9.17) is 0 Å². The van der Waals surface area contributed by atoms with E-state index in [9.17, 15) is 21.6 Å². The Balaban J connectivity index is 1.64. The van der Waals surface area contributed by atoms with Crippen molar-refractivity contribution < 1.29 is 21.6 Å². The summed E-state index contributed by atoms with van der Waals surface area (Å²) in [5.41, 5.74) is 0.561. The Hall–Kier alpha value is -1.45. The molecule has 1 saturated carbocycles. The van der Waals surface area contributed by atoms with Crippen LogP contribution in [0.5, 0.6) is 0 Å². The number of rotatable bonds is 6. The smallest absolute Gasteiger partial charge is 0.243 e. The summed E-state index contributed by atoms with van der Waals surface area (Å²) in [6, 6.07) is 5.80. The number of carbonyl (C=O) groups excluding carboxylic acids is 1. The number of benzene rings is 1. The molecule has 0 bridgehead atoms. The number of hydrogen-bond acceptors (Lipinski definition) is 5. The number of carbonyl (C=O) groups is 1. The van der Waals surface area contributed by atoms with Crippen LogP contribution >= 0.6 is 0 Å². The zero-order valence-corrected chi connectivity index (χ0v) is 17.6. The molecule has 1 saturated heterocycles. The molecule has 0 unspecified atom stereocenters. The second kappa shape index (κ2) is 9.37. The molecule has 1 aliphatic carbocycles. The molecule has 0 aromatic heterocycles. The van der Waals surface area contributed by atoms with Crippen LogP contribution < -0.4 is 5.32 Å². The molecule has 156 valence electrons. The summed E-state index contributed by atoms with van der Waals surface area (Å²) >= 11 is 0. The minimum Gasteiger partial charge on any atom is -0.352 e. The van der Waals surface area contributed by atoms with Gasteiger partial charge in [-0.25, -0.2) is 16.8 Å². The summed E-state index contributed by atoms with van der Waals surface area (Å²) in [5.74, 6) is 0.00933. The topological polar surface area (TPSA) is 101 Å². The Morgan fingerprint density at radius 2 is 1.71 bits per heavy atom. The van der Waals surface area contributed by atoms with Crippen LogP contribution in [0.3, 0.4) is 0 Å². The zero-order chi connectivity index (χ0) is 20.1. The number of hydrogen-bond donors (Lipinski definition) is 2. The fourth-order valence-electron chi connectivity index (χ4n) is 4.03. The molecule has 1 atom stereocenters. The van der Waals surface area contributed by atoms with Crippen molar-refractivity contribution in [3.63, 3.8) is 0 Å². The lowest BCUT2D eigenvalue weighted by atomic mass is 9.88. The number of sulfonamides is 1. The Morgan fingerprint density at radius 1 is 1.04 bits per heavy atom. The molecule has 1 amide bonds. The van der Waals surface area contributed by atoms with Crippen LogP contribution in [0.2, 0.25) is 0 Å². The highest BCUT2D eigenvalue weighted by molar-refractivity contribution is 7.89. The first kappa shape index (κ1) is 21.3. The Labute approximate surface area is 168 Å². The fourth-order valence-corrected chi connectivity index (χ4v) is 6.06. The molecule has 1 aromatic carbocycles. The van der Waals surface area contributed by atoms with Gasteiger partial charge in [-0.2, -0.15) is 4.31 Å². The van der Waals surface area contributed by atoms with E-state index in [2.05, 4.69) is 5.32 Å². The van der Waals surface area contributed by atoms with Crippen molar-refractivity contribution in [3.05, 3.63) is 29.8 Å². The van der Waals surface area contributed by atoms with Gasteiger partial charge in [-0.05, 0) is 43.4 Å². The van der Waals surface area contributed by atoms with Gasteiger partial charge in [0.2, 0.25) is 15.9 Å². The fraction of sp³-hybridized carbons (Fsp3) is 0.632. The van der Waals surface area contributed by atoms with Gasteiger partial charge in [0.05, 0.1) is 10.6 Å². The molecule has 2 aliphatic rings. The molecule has 1 aliphatic heterocycles. The van der Waals surface area contributed by atoms with Gasteiger partial charge in [-0.15, -0.1) is 0 Å². The molecular weight excluding hydrogens is 400 g/mol. The quantitative estimate of drug-likeness (QED) is 0.671. The molecule has 1 aromatic rings. The van der Waals surface area contributed by atoms with Crippen molar-refractivity contribution in [1.82, 2.24) is 9.62 Å². The highest BCUT2D eigenvalue weighted by Gasteiger charge is 2.32. The zero-order valence-electron chi connectivity index (χ0n) is 15.9. The summed E-state index contributed by atoms with van der Waals surface area (Å²) in [5, 5.41) is 3.06. The molecule has 7 nitrogen and oxygen atoms in total. The molecule has 3 rings (SSSR count). The minimum absolute atomic E-state index is 0.0556. The van der Waals surface area contributed by atoms with E-state index >= 15 is 0 Å². The number of amides is 1. The van der Waals surface area contributed by atoms with Gasteiger partial charge in [0, 0.05) is 25.0 Å². The van der Waals surface area contributed by atoms with Gasteiger partial charge < -0.3 is 5.32 Å². The van der Waals surface area contributed by atoms with Crippen LogP contribution in [0.15, 0.2) is 29.2 Å². The lowest BCUT2D eigenvalue weighted by Crippen LogP contribution is -2.50. The standard InChI is InChI=1S/C19H28N2O5S2/c22-19(16-5-2-1-3-6-16)20-17-7-4-12-21(13-17)28(25,26)18-10-8-15(9-11-18)14-27(23)24/h8-11,16-17,27H,1-7,12-14H2,(H,20,22)/t17-/m0/s1. The lowest BCUT2D eigenvalue weighted by Gasteiger charge is -2.33. The van der Waals surface area contributed by atoms with Crippen molar-refractivity contribution in [1.29, 1.82) is 0 Å². The van der Waals surface area contributed by atoms with E-state index in [0.717, 1.165) is 32.1 Å². The second-order valence-corrected chi connectivity index (χ2v) is 10.6. The van der Waals surface area contributed by atoms with Crippen LogP contribution in [0.1, 0.15) is 50.5 Å². The molecule has 0 radical (unpaired) electrons. The number of piperidine rings is 1. The Bertz CT molecular complexity index is 851. The predicted octanol–water partition coefficient (Wildman–Crippen LogP) is 1.65. The molecule has 0 spiro atoms. The van der Waals surface area contributed by atoms with Crippen LogP contribution in [-0.4, -0.2) is 46.2 Å². The number of nitrogens with one attached hydrogen (secondary N) is 1. The first-order valence-electron chi connectivity index (χ1n) is 9.87. The minimum atomic E-state index is -3.67. The largest absolute Gasteiger partial charge is 0.352 e. The predicted molar refractivity (Wildman–Crippen MR) is 107 cm³/mol. The summed E-state index contributed by atoms with van der Waals surface area (Å²) in [6.07, 6.45) is 6.66. The van der Waals surface area contributed by atoms with Crippen LogP contribution in [-0.2, 0) is 31.3 Å². The number of nitrogens with zero attached hydrogens (tertiary/aromatic N) is 1. The van der Waals surface area contributed by atoms with E-state index in [1.807, 2.05) is 0 Å². The van der Waals surface area contributed by atoms with Crippen LogP contribution in [0.25, 0.3) is 0 Å². The van der Waals surface area contributed by atoms with E-state index in [-0.39, 0.29) is 35.1 Å². The van der Waals surface area contributed by atoms with Gasteiger partial charge in [-0.3, -0.25) is 4.79 Å². The summed E-state index contributed by atoms with van der Waals surface area (Å²) in [6.45, 7) is 0.696. The van der Waals surface area contributed by atoms with Crippen molar-refractivity contribution in [2.24, 2.45) is 5.92 Å². The molecule has 1 N–H and O–H groups in total. The maximum Gasteiger partial charge on any atom is 0.243 e. The van der Waals surface area contributed by atoms with Gasteiger partial charge in [0.15, 0.2) is 0 Å². The molecule has 28 heavy (non-hydrogen) atoms. The highest BCUT2D eigenvalue weighted by Crippen LogP contribution is 2.25. The lowest BCUT2D eigenvalue weighted by molar-refractivity contribution is -0.126. The third kappa shape index (κ3) is 5.33. The van der Waals surface area contributed by atoms with Crippen molar-refractivity contribution in [2.45, 2.75) is 61.6 Å².